The highest BCUT2D eigenvalue weighted by atomic mass is 16.7. The Labute approximate surface area is 105 Å². The quantitative estimate of drug-likeness (QED) is 0.714. The molecule has 2 rings (SSSR count). The van der Waals surface area contributed by atoms with Gasteiger partial charge < -0.3 is 0 Å². The van der Waals surface area contributed by atoms with Gasteiger partial charge in [0.2, 0.25) is 0 Å². The van der Waals surface area contributed by atoms with Crippen LogP contribution in [0.3, 0.4) is 0 Å². The highest BCUT2D eigenvalue weighted by Gasteiger charge is 2.31. The lowest BCUT2D eigenvalue weighted by Crippen LogP contribution is -2.16. The van der Waals surface area contributed by atoms with Crippen LogP contribution >= 0.6 is 0 Å². The normalized spacial score (nSPS) is 25.3. The molecule has 2 nitrogen and oxygen atoms in total. The van der Waals surface area contributed by atoms with Crippen LogP contribution in [-0.2, 0) is 4.84 Å². The lowest BCUT2D eigenvalue weighted by atomic mass is 9.99. The Bertz CT molecular complexity index is 325. The van der Waals surface area contributed by atoms with Crippen LogP contribution < -0.4 is 0 Å². The standard InChI is InChI=1S/C15H23NO/c1-3-4-6-11-14-12-15(16(2)17-14)13-9-7-5-8-10-13/h5,7-10,14-15H,3-4,6,11-12H2,1-2H3/t14-,15-/m0/s1. The van der Waals surface area contributed by atoms with Crippen LogP contribution in [0.1, 0.15) is 50.6 Å². The maximum Gasteiger partial charge on any atom is 0.0812 e. The van der Waals surface area contributed by atoms with Gasteiger partial charge in [-0.15, -0.1) is 0 Å². The molecule has 1 aromatic rings. The van der Waals surface area contributed by atoms with Gasteiger partial charge in [-0.2, -0.15) is 5.06 Å². The fourth-order valence-electron chi connectivity index (χ4n) is 2.56. The van der Waals surface area contributed by atoms with E-state index in [0.717, 1.165) is 6.42 Å². The predicted octanol–water partition coefficient (Wildman–Crippen LogP) is 3.94. The van der Waals surface area contributed by atoms with Gasteiger partial charge in [-0.25, -0.2) is 0 Å². The Morgan fingerprint density at radius 2 is 2.00 bits per heavy atom. The molecule has 17 heavy (non-hydrogen) atoms. The zero-order valence-electron chi connectivity index (χ0n) is 10.9. The van der Waals surface area contributed by atoms with Crippen molar-refractivity contribution in [3.63, 3.8) is 0 Å². The maximum absolute atomic E-state index is 5.91. The molecule has 2 atom stereocenters. The molecule has 1 aromatic carbocycles. The van der Waals surface area contributed by atoms with Crippen molar-refractivity contribution in [3.8, 4) is 0 Å². The van der Waals surface area contributed by atoms with Crippen LogP contribution in [-0.4, -0.2) is 18.2 Å². The number of hydrogen-bond acceptors (Lipinski definition) is 2. The summed E-state index contributed by atoms with van der Waals surface area (Å²) in [6.07, 6.45) is 6.63. The molecule has 2 heteroatoms. The molecule has 0 bridgehead atoms. The summed E-state index contributed by atoms with van der Waals surface area (Å²) in [4.78, 5) is 5.91. The zero-order chi connectivity index (χ0) is 12.1. The smallest absolute Gasteiger partial charge is 0.0812 e. The first-order chi connectivity index (χ1) is 8.31. The van der Waals surface area contributed by atoms with Crippen molar-refractivity contribution in [1.29, 1.82) is 0 Å². The second-order valence-corrected chi connectivity index (χ2v) is 4.93. The van der Waals surface area contributed by atoms with E-state index in [1.807, 2.05) is 5.06 Å². The van der Waals surface area contributed by atoms with Crippen molar-refractivity contribution in [2.24, 2.45) is 0 Å². The van der Waals surface area contributed by atoms with Crippen molar-refractivity contribution in [2.45, 2.75) is 51.2 Å². The first-order valence-corrected chi connectivity index (χ1v) is 6.75. The van der Waals surface area contributed by atoms with Crippen LogP contribution in [0.2, 0.25) is 0 Å². The molecule has 1 aliphatic rings. The summed E-state index contributed by atoms with van der Waals surface area (Å²) in [5, 5.41) is 2.03. The summed E-state index contributed by atoms with van der Waals surface area (Å²) in [5.41, 5.74) is 1.37. The molecule has 0 N–H and O–H groups in total. The van der Waals surface area contributed by atoms with Gasteiger partial charge in [0.15, 0.2) is 0 Å². The van der Waals surface area contributed by atoms with Gasteiger partial charge in [-0.3, -0.25) is 4.84 Å². The molecule has 0 spiro atoms. The average molecular weight is 233 g/mol. The van der Waals surface area contributed by atoms with E-state index in [9.17, 15) is 0 Å². The lowest BCUT2D eigenvalue weighted by Gasteiger charge is -2.17. The van der Waals surface area contributed by atoms with Gasteiger partial charge in [-0.1, -0.05) is 56.5 Å². The topological polar surface area (TPSA) is 12.5 Å². The van der Waals surface area contributed by atoms with Crippen molar-refractivity contribution in [2.75, 3.05) is 7.05 Å². The van der Waals surface area contributed by atoms with Crippen molar-refractivity contribution in [3.05, 3.63) is 35.9 Å². The van der Waals surface area contributed by atoms with E-state index >= 15 is 0 Å². The minimum Gasteiger partial charge on any atom is -0.295 e. The van der Waals surface area contributed by atoms with Crippen LogP contribution in [0.4, 0.5) is 0 Å². The van der Waals surface area contributed by atoms with E-state index < -0.39 is 0 Å². The average Bonchev–Trinajstić information content (AvgIpc) is 2.72. The summed E-state index contributed by atoms with van der Waals surface area (Å²) < 4.78 is 0. The number of rotatable bonds is 5. The summed E-state index contributed by atoms with van der Waals surface area (Å²) in [5.74, 6) is 0. The molecule has 1 saturated heterocycles. The van der Waals surface area contributed by atoms with E-state index in [4.69, 9.17) is 4.84 Å². The predicted molar refractivity (Wildman–Crippen MR) is 70.6 cm³/mol. The monoisotopic (exact) mass is 233 g/mol. The Hall–Kier alpha value is -0.860. The second-order valence-electron chi connectivity index (χ2n) is 4.93. The molecule has 0 unspecified atom stereocenters. The van der Waals surface area contributed by atoms with Crippen LogP contribution in [0.5, 0.6) is 0 Å². The van der Waals surface area contributed by atoms with Gasteiger partial charge in [0, 0.05) is 7.05 Å². The first kappa shape index (κ1) is 12.6. The zero-order valence-corrected chi connectivity index (χ0v) is 10.9. The highest BCUT2D eigenvalue weighted by Crippen LogP contribution is 2.34. The molecule has 0 aromatic heterocycles. The molecule has 0 aliphatic carbocycles. The summed E-state index contributed by atoms with van der Waals surface area (Å²) in [6.45, 7) is 2.24. The molecule has 1 heterocycles. The molecule has 0 radical (unpaired) electrons. The third-order valence-corrected chi connectivity index (χ3v) is 3.55. The Morgan fingerprint density at radius 1 is 1.24 bits per heavy atom. The fourth-order valence-corrected chi connectivity index (χ4v) is 2.56. The molecule has 0 amide bonds. The van der Waals surface area contributed by atoms with Crippen LogP contribution in [0.25, 0.3) is 0 Å². The van der Waals surface area contributed by atoms with E-state index in [1.165, 1.54) is 31.2 Å². The SMILES string of the molecule is CCCCC[C@H]1C[C@@H](c2ccccc2)N(C)O1. The minimum atomic E-state index is 0.414. The van der Waals surface area contributed by atoms with Crippen molar-refractivity contribution >= 4 is 0 Å². The van der Waals surface area contributed by atoms with Crippen molar-refractivity contribution < 1.29 is 4.84 Å². The molecular weight excluding hydrogens is 210 g/mol. The number of hydrogen-bond donors (Lipinski definition) is 0. The lowest BCUT2D eigenvalue weighted by molar-refractivity contribution is -0.145. The summed E-state index contributed by atoms with van der Waals surface area (Å²) >= 11 is 0. The number of nitrogens with zero attached hydrogens (tertiary/aromatic N) is 1. The molecular formula is C15H23NO. The van der Waals surface area contributed by atoms with Gasteiger partial charge in [0.05, 0.1) is 12.1 Å². The second kappa shape index (κ2) is 6.18. The third-order valence-electron chi connectivity index (χ3n) is 3.55. The molecule has 0 saturated carbocycles. The van der Waals surface area contributed by atoms with Crippen LogP contribution in [0, 0.1) is 0 Å². The van der Waals surface area contributed by atoms with Crippen molar-refractivity contribution in [1.82, 2.24) is 5.06 Å². The Balaban J connectivity index is 1.89. The summed E-state index contributed by atoms with van der Waals surface area (Å²) in [6, 6.07) is 11.1. The minimum absolute atomic E-state index is 0.414. The Kier molecular flexibility index (Phi) is 4.57. The molecule has 94 valence electrons. The largest absolute Gasteiger partial charge is 0.295 e. The summed E-state index contributed by atoms with van der Waals surface area (Å²) in [7, 11) is 2.05. The first-order valence-electron chi connectivity index (χ1n) is 6.75. The van der Waals surface area contributed by atoms with Gasteiger partial charge in [-0.05, 0) is 18.4 Å². The van der Waals surface area contributed by atoms with Gasteiger partial charge in [0.1, 0.15) is 0 Å². The highest BCUT2D eigenvalue weighted by molar-refractivity contribution is 5.19. The number of benzene rings is 1. The molecule has 1 fully saturated rings. The fraction of sp³-hybridized carbons (Fsp3) is 0.600. The maximum atomic E-state index is 5.91. The third kappa shape index (κ3) is 3.30. The number of hydroxylamine groups is 2. The van der Waals surface area contributed by atoms with E-state index in [2.05, 4.69) is 44.3 Å². The van der Waals surface area contributed by atoms with Gasteiger partial charge >= 0.3 is 0 Å². The molecule has 1 aliphatic heterocycles. The van der Waals surface area contributed by atoms with Crippen LogP contribution in [0.15, 0.2) is 30.3 Å². The number of unbranched alkanes of at least 4 members (excludes halogenated alkanes) is 2. The van der Waals surface area contributed by atoms with E-state index in [1.54, 1.807) is 0 Å². The van der Waals surface area contributed by atoms with E-state index in [0.29, 0.717) is 12.1 Å². The van der Waals surface area contributed by atoms with Gasteiger partial charge in [0.25, 0.3) is 0 Å². The Morgan fingerprint density at radius 3 is 2.71 bits per heavy atom. The van der Waals surface area contributed by atoms with E-state index in [-0.39, 0.29) is 0 Å².